The van der Waals surface area contributed by atoms with Crippen LogP contribution in [0.2, 0.25) is 0 Å². The molecule has 0 saturated carbocycles. The van der Waals surface area contributed by atoms with Gasteiger partial charge in [-0.05, 0) is 11.1 Å². The predicted octanol–water partition coefficient (Wildman–Crippen LogP) is 4.15. The Morgan fingerprint density at radius 3 is 2.56 bits per heavy atom. The van der Waals surface area contributed by atoms with Crippen molar-refractivity contribution < 1.29 is 19.0 Å². The van der Waals surface area contributed by atoms with Crippen LogP contribution in [0.15, 0.2) is 60.7 Å². The summed E-state index contributed by atoms with van der Waals surface area (Å²) >= 11 is 0. The lowest BCUT2D eigenvalue weighted by atomic mass is 9.99. The Bertz CT molecular complexity index is 751. The van der Waals surface area contributed by atoms with Gasteiger partial charge in [0.1, 0.15) is 12.3 Å². The lowest BCUT2D eigenvalue weighted by Crippen LogP contribution is -2.49. The van der Waals surface area contributed by atoms with Gasteiger partial charge in [0.05, 0.1) is 25.9 Å². The van der Waals surface area contributed by atoms with Crippen molar-refractivity contribution in [1.29, 1.82) is 0 Å². The second-order valence-corrected chi connectivity index (χ2v) is 7.26. The first kappa shape index (κ1) is 18.0. The van der Waals surface area contributed by atoms with Gasteiger partial charge >= 0.3 is 6.09 Å². The molecule has 5 heteroatoms. The number of amides is 1. The normalized spacial score (nSPS) is 25.7. The van der Waals surface area contributed by atoms with Gasteiger partial charge in [0.15, 0.2) is 0 Å². The molecule has 2 fully saturated rings. The van der Waals surface area contributed by atoms with Crippen molar-refractivity contribution >= 4 is 6.09 Å². The van der Waals surface area contributed by atoms with E-state index >= 15 is 0 Å². The van der Waals surface area contributed by atoms with Gasteiger partial charge in [0.2, 0.25) is 0 Å². The molecule has 0 N–H and O–H groups in total. The Balaban J connectivity index is 1.33. The maximum absolute atomic E-state index is 12.7. The molecule has 0 aromatic heterocycles. The summed E-state index contributed by atoms with van der Waals surface area (Å²) in [5, 5.41) is 0. The van der Waals surface area contributed by atoms with Gasteiger partial charge in [-0.2, -0.15) is 0 Å². The highest BCUT2D eigenvalue weighted by Crippen LogP contribution is 2.37. The number of rotatable bonds is 6. The summed E-state index contributed by atoms with van der Waals surface area (Å²) < 4.78 is 17.5. The van der Waals surface area contributed by atoms with E-state index in [2.05, 4.69) is 6.92 Å². The molecule has 0 radical (unpaired) electrons. The maximum Gasteiger partial charge on any atom is 0.412 e. The number of hydrogen-bond donors (Lipinski definition) is 0. The van der Waals surface area contributed by atoms with E-state index < -0.39 is 0 Å². The fraction of sp³-hybridized carbons (Fsp3) is 0.409. The summed E-state index contributed by atoms with van der Waals surface area (Å²) in [6, 6.07) is 20.0. The van der Waals surface area contributed by atoms with E-state index in [0.29, 0.717) is 26.2 Å². The minimum atomic E-state index is -0.294. The number of ether oxygens (including phenoxy) is 3. The van der Waals surface area contributed by atoms with Crippen LogP contribution in [0.1, 0.15) is 30.5 Å². The number of benzene rings is 2. The molecule has 1 amide bonds. The summed E-state index contributed by atoms with van der Waals surface area (Å²) in [6.45, 7) is 3.67. The molecule has 5 nitrogen and oxygen atoms in total. The number of carbonyl (C=O) groups excluding carboxylic acids is 1. The highest BCUT2D eigenvalue weighted by molar-refractivity contribution is 5.70. The van der Waals surface area contributed by atoms with Gasteiger partial charge in [-0.3, -0.25) is 4.90 Å². The second kappa shape index (κ2) is 8.11. The Kier molecular flexibility index (Phi) is 5.41. The second-order valence-electron chi connectivity index (χ2n) is 7.26. The van der Waals surface area contributed by atoms with Gasteiger partial charge in [-0.25, -0.2) is 4.79 Å². The van der Waals surface area contributed by atoms with Gasteiger partial charge < -0.3 is 14.2 Å². The van der Waals surface area contributed by atoms with Gasteiger partial charge in [-0.15, -0.1) is 0 Å². The van der Waals surface area contributed by atoms with E-state index in [0.717, 1.165) is 11.1 Å². The van der Waals surface area contributed by atoms with Gasteiger partial charge in [-0.1, -0.05) is 67.6 Å². The number of cyclic esters (lactones) is 1. The topological polar surface area (TPSA) is 48.0 Å². The predicted molar refractivity (Wildman–Crippen MR) is 101 cm³/mol. The van der Waals surface area contributed by atoms with Crippen LogP contribution in [0, 0.1) is 5.92 Å². The average Bonchev–Trinajstić information content (AvgIpc) is 3.14. The van der Waals surface area contributed by atoms with Crippen molar-refractivity contribution in [3.05, 3.63) is 71.8 Å². The quantitative estimate of drug-likeness (QED) is 0.770. The van der Waals surface area contributed by atoms with Crippen molar-refractivity contribution in [3.63, 3.8) is 0 Å². The monoisotopic (exact) mass is 367 g/mol. The largest absolute Gasteiger partial charge is 0.445 e. The first-order chi connectivity index (χ1) is 13.2. The molecule has 2 heterocycles. The third-order valence-corrected chi connectivity index (χ3v) is 5.30. The molecular weight excluding hydrogens is 342 g/mol. The third-order valence-electron chi connectivity index (χ3n) is 5.30. The Morgan fingerprint density at radius 2 is 1.81 bits per heavy atom. The van der Waals surface area contributed by atoms with Crippen molar-refractivity contribution in [3.8, 4) is 0 Å². The highest BCUT2D eigenvalue weighted by atomic mass is 16.6. The Hall–Kier alpha value is -2.37. The molecule has 2 aromatic rings. The third kappa shape index (κ3) is 3.99. The van der Waals surface area contributed by atoms with Gasteiger partial charge in [0.25, 0.3) is 0 Å². The Labute approximate surface area is 159 Å². The molecule has 27 heavy (non-hydrogen) atoms. The number of fused-ring (bicyclic) bond motifs is 1. The fourth-order valence-electron chi connectivity index (χ4n) is 3.75. The minimum Gasteiger partial charge on any atom is -0.445 e. The van der Waals surface area contributed by atoms with Crippen LogP contribution in [-0.2, 0) is 20.8 Å². The zero-order valence-electron chi connectivity index (χ0n) is 15.5. The molecule has 2 aromatic carbocycles. The Morgan fingerprint density at radius 1 is 1.11 bits per heavy atom. The summed E-state index contributed by atoms with van der Waals surface area (Å²) in [6.07, 6.45) is -0.0371. The van der Waals surface area contributed by atoms with Crippen LogP contribution in [0.25, 0.3) is 0 Å². The number of carbonyl (C=O) groups is 1. The number of nitrogens with zero attached hydrogens (tertiary/aromatic N) is 1. The van der Waals surface area contributed by atoms with Crippen molar-refractivity contribution in [1.82, 2.24) is 4.90 Å². The van der Waals surface area contributed by atoms with E-state index in [9.17, 15) is 4.79 Å². The first-order valence-electron chi connectivity index (χ1n) is 9.49. The van der Waals surface area contributed by atoms with Crippen LogP contribution < -0.4 is 0 Å². The van der Waals surface area contributed by atoms with E-state index in [1.54, 1.807) is 4.90 Å². The zero-order chi connectivity index (χ0) is 18.6. The molecule has 4 rings (SSSR count). The molecule has 0 spiro atoms. The standard InChI is InChI=1S/C22H25NO4/c1-16(13-25-14-17-8-4-2-5-9-17)20-12-21-23(22(24)27-20)19(15-26-21)18-10-6-3-7-11-18/h2-11,16,19-21H,12-15H2,1H3/t16-,19+,20-,21-/m1/s1. The fourth-order valence-corrected chi connectivity index (χ4v) is 3.75. The SMILES string of the molecule is C[C@H](COCc1ccccc1)[C@H]1C[C@H]2OC[C@@H](c3ccccc3)N2C(=O)O1. The van der Waals surface area contributed by atoms with Crippen LogP contribution in [0.5, 0.6) is 0 Å². The van der Waals surface area contributed by atoms with Crippen molar-refractivity contribution in [2.45, 2.75) is 38.3 Å². The van der Waals surface area contributed by atoms with E-state index in [1.807, 2.05) is 60.7 Å². The molecule has 2 aliphatic rings. The molecule has 0 aliphatic carbocycles. The lowest BCUT2D eigenvalue weighted by molar-refractivity contribution is -0.0851. The average molecular weight is 367 g/mol. The minimum absolute atomic E-state index is 0.0747. The summed E-state index contributed by atoms with van der Waals surface area (Å²) in [7, 11) is 0. The summed E-state index contributed by atoms with van der Waals surface area (Å²) in [5.74, 6) is 0.110. The summed E-state index contributed by atoms with van der Waals surface area (Å²) in [4.78, 5) is 14.4. The van der Waals surface area contributed by atoms with Crippen LogP contribution in [0.4, 0.5) is 4.79 Å². The van der Waals surface area contributed by atoms with E-state index in [1.165, 1.54) is 0 Å². The molecule has 2 saturated heterocycles. The summed E-state index contributed by atoms with van der Waals surface area (Å²) in [5.41, 5.74) is 2.22. The van der Waals surface area contributed by atoms with E-state index in [4.69, 9.17) is 14.2 Å². The van der Waals surface area contributed by atoms with Gasteiger partial charge in [0, 0.05) is 12.3 Å². The van der Waals surface area contributed by atoms with Crippen LogP contribution in [0.3, 0.4) is 0 Å². The molecule has 0 bridgehead atoms. The molecule has 142 valence electrons. The molecule has 0 unspecified atom stereocenters. The molecular formula is C22H25NO4. The smallest absolute Gasteiger partial charge is 0.412 e. The first-order valence-corrected chi connectivity index (χ1v) is 9.49. The highest BCUT2D eigenvalue weighted by Gasteiger charge is 2.46. The van der Waals surface area contributed by atoms with Crippen molar-refractivity contribution in [2.75, 3.05) is 13.2 Å². The van der Waals surface area contributed by atoms with Crippen LogP contribution >= 0.6 is 0 Å². The molecule has 4 atom stereocenters. The zero-order valence-corrected chi connectivity index (χ0v) is 15.5. The number of hydrogen-bond acceptors (Lipinski definition) is 4. The van der Waals surface area contributed by atoms with E-state index in [-0.39, 0.29) is 30.4 Å². The van der Waals surface area contributed by atoms with Crippen LogP contribution in [-0.4, -0.2) is 36.5 Å². The maximum atomic E-state index is 12.7. The lowest BCUT2D eigenvalue weighted by Gasteiger charge is -2.37. The van der Waals surface area contributed by atoms with Crippen molar-refractivity contribution in [2.24, 2.45) is 5.92 Å². The molecule has 2 aliphatic heterocycles.